The normalized spacial score (nSPS) is 12.9. The van der Waals surface area contributed by atoms with E-state index < -0.39 is 0 Å². The highest BCUT2D eigenvalue weighted by atomic mass is 127. The molecular weight excluding hydrogens is 270 g/mol. The van der Waals surface area contributed by atoms with Crippen LogP contribution in [0.25, 0.3) is 0 Å². The Hall–Kier alpha value is -0.160. The van der Waals surface area contributed by atoms with E-state index >= 15 is 0 Å². The molecule has 1 rings (SSSR count). The topological polar surface area (TPSA) is 9.23 Å². The first-order chi connectivity index (χ1) is 5.77. The second-order valence-electron chi connectivity index (χ2n) is 2.43. The summed E-state index contributed by atoms with van der Waals surface area (Å²) >= 11 is 2.22. The zero-order valence-electron chi connectivity index (χ0n) is 6.76. The number of halogens is 2. The van der Waals surface area contributed by atoms with E-state index in [1.807, 2.05) is 6.07 Å². The van der Waals surface area contributed by atoms with E-state index in [4.69, 9.17) is 4.74 Å². The van der Waals surface area contributed by atoms with Crippen molar-refractivity contribution in [1.29, 1.82) is 0 Å². The zero-order valence-corrected chi connectivity index (χ0v) is 8.92. The molecule has 3 heteroatoms. The van der Waals surface area contributed by atoms with Crippen molar-refractivity contribution in [3.63, 3.8) is 0 Å². The fraction of sp³-hybridized carbons (Fsp3) is 0.333. The molecule has 0 saturated heterocycles. The minimum absolute atomic E-state index is 0.00120. The standard InChI is InChI=1S/C9H10FIO/c1-12-9(6-11)7-3-2-4-8(10)5-7/h2-5,9H,6H2,1H3. The molecule has 0 heterocycles. The molecule has 0 aliphatic rings. The van der Waals surface area contributed by atoms with Gasteiger partial charge in [-0.3, -0.25) is 0 Å². The fourth-order valence-electron chi connectivity index (χ4n) is 0.995. The van der Waals surface area contributed by atoms with Crippen LogP contribution in [0.4, 0.5) is 4.39 Å². The van der Waals surface area contributed by atoms with E-state index in [-0.39, 0.29) is 11.9 Å². The van der Waals surface area contributed by atoms with Gasteiger partial charge in [-0.15, -0.1) is 0 Å². The largest absolute Gasteiger partial charge is 0.376 e. The minimum atomic E-state index is -0.209. The van der Waals surface area contributed by atoms with Crippen LogP contribution in [0.15, 0.2) is 24.3 Å². The van der Waals surface area contributed by atoms with Gasteiger partial charge in [0.15, 0.2) is 0 Å². The summed E-state index contributed by atoms with van der Waals surface area (Å²) in [5.74, 6) is -0.209. The van der Waals surface area contributed by atoms with Crippen LogP contribution in [0.5, 0.6) is 0 Å². The molecule has 0 radical (unpaired) electrons. The van der Waals surface area contributed by atoms with E-state index in [2.05, 4.69) is 22.6 Å². The Bertz CT molecular complexity index is 248. The summed E-state index contributed by atoms with van der Waals surface area (Å²) in [5.41, 5.74) is 0.895. The average Bonchev–Trinajstić information content (AvgIpc) is 2.07. The van der Waals surface area contributed by atoms with Crippen LogP contribution in [-0.2, 0) is 4.74 Å². The van der Waals surface area contributed by atoms with Crippen molar-refractivity contribution in [2.75, 3.05) is 11.5 Å². The molecule has 0 aliphatic heterocycles. The Balaban J connectivity index is 2.85. The number of benzene rings is 1. The molecule has 1 aromatic carbocycles. The lowest BCUT2D eigenvalue weighted by molar-refractivity contribution is 0.125. The van der Waals surface area contributed by atoms with E-state index in [0.717, 1.165) is 9.99 Å². The van der Waals surface area contributed by atoms with Gasteiger partial charge in [-0.05, 0) is 17.7 Å². The first-order valence-corrected chi connectivity index (χ1v) is 5.14. The molecule has 66 valence electrons. The molecule has 0 spiro atoms. The molecule has 1 unspecified atom stereocenters. The van der Waals surface area contributed by atoms with Gasteiger partial charge in [-0.1, -0.05) is 34.7 Å². The van der Waals surface area contributed by atoms with Crippen molar-refractivity contribution < 1.29 is 9.13 Å². The summed E-state index contributed by atoms with van der Waals surface area (Å²) in [7, 11) is 1.63. The van der Waals surface area contributed by atoms with Crippen molar-refractivity contribution in [2.45, 2.75) is 6.10 Å². The molecule has 1 aromatic rings. The van der Waals surface area contributed by atoms with Crippen LogP contribution >= 0.6 is 22.6 Å². The number of hydrogen-bond donors (Lipinski definition) is 0. The first kappa shape index (κ1) is 9.92. The summed E-state index contributed by atoms with van der Waals surface area (Å²) in [4.78, 5) is 0. The molecule has 0 bridgehead atoms. The Kier molecular flexibility index (Phi) is 3.94. The minimum Gasteiger partial charge on any atom is -0.376 e. The molecule has 0 N–H and O–H groups in total. The smallest absolute Gasteiger partial charge is 0.123 e. The highest BCUT2D eigenvalue weighted by molar-refractivity contribution is 14.1. The molecule has 0 aliphatic carbocycles. The van der Waals surface area contributed by atoms with Crippen LogP contribution in [0, 0.1) is 5.82 Å². The highest BCUT2D eigenvalue weighted by Gasteiger charge is 2.08. The third-order valence-corrected chi connectivity index (χ3v) is 2.45. The molecule has 0 fully saturated rings. The van der Waals surface area contributed by atoms with E-state index in [9.17, 15) is 4.39 Å². The quantitative estimate of drug-likeness (QED) is 0.611. The molecule has 1 nitrogen and oxygen atoms in total. The Labute approximate surface area is 85.1 Å². The Morgan fingerprint density at radius 1 is 1.58 bits per heavy atom. The molecule has 0 saturated carbocycles. The van der Waals surface area contributed by atoms with Crippen molar-refractivity contribution in [3.05, 3.63) is 35.6 Å². The molecular formula is C9H10FIO. The maximum Gasteiger partial charge on any atom is 0.123 e. The third-order valence-electron chi connectivity index (χ3n) is 1.65. The summed E-state index contributed by atoms with van der Waals surface area (Å²) in [6.07, 6.45) is 0.00120. The molecule has 1 atom stereocenters. The number of rotatable bonds is 3. The van der Waals surface area contributed by atoms with Crippen molar-refractivity contribution in [3.8, 4) is 0 Å². The van der Waals surface area contributed by atoms with Crippen LogP contribution in [-0.4, -0.2) is 11.5 Å². The van der Waals surface area contributed by atoms with Crippen molar-refractivity contribution in [2.24, 2.45) is 0 Å². The monoisotopic (exact) mass is 280 g/mol. The lowest BCUT2D eigenvalue weighted by Crippen LogP contribution is -2.02. The van der Waals surface area contributed by atoms with Crippen LogP contribution < -0.4 is 0 Å². The van der Waals surface area contributed by atoms with Crippen molar-refractivity contribution >= 4 is 22.6 Å². The van der Waals surface area contributed by atoms with Crippen LogP contribution in [0.2, 0.25) is 0 Å². The van der Waals surface area contributed by atoms with Gasteiger partial charge in [0.05, 0.1) is 6.10 Å². The third kappa shape index (κ3) is 2.42. The van der Waals surface area contributed by atoms with E-state index in [0.29, 0.717) is 0 Å². The Morgan fingerprint density at radius 2 is 2.33 bits per heavy atom. The van der Waals surface area contributed by atoms with Crippen LogP contribution in [0.1, 0.15) is 11.7 Å². The van der Waals surface area contributed by atoms with Gasteiger partial charge in [-0.25, -0.2) is 4.39 Å². The van der Waals surface area contributed by atoms with Crippen LogP contribution in [0.3, 0.4) is 0 Å². The van der Waals surface area contributed by atoms with Gasteiger partial charge < -0.3 is 4.74 Å². The second kappa shape index (κ2) is 4.77. The fourth-order valence-corrected chi connectivity index (χ4v) is 1.86. The Morgan fingerprint density at radius 3 is 2.83 bits per heavy atom. The van der Waals surface area contributed by atoms with Gasteiger partial charge in [0.25, 0.3) is 0 Å². The van der Waals surface area contributed by atoms with Gasteiger partial charge in [0, 0.05) is 11.5 Å². The number of methoxy groups -OCH3 is 1. The summed E-state index contributed by atoms with van der Waals surface area (Å²) in [6.45, 7) is 0. The van der Waals surface area contributed by atoms with E-state index in [1.54, 1.807) is 13.2 Å². The SMILES string of the molecule is COC(CI)c1cccc(F)c1. The number of ether oxygens (including phenoxy) is 1. The summed E-state index contributed by atoms with van der Waals surface area (Å²) < 4.78 is 18.7. The lowest BCUT2D eigenvalue weighted by atomic mass is 10.1. The summed E-state index contributed by atoms with van der Waals surface area (Å²) in [6, 6.07) is 6.51. The zero-order chi connectivity index (χ0) is 8.97. The number of hydrogen-bond acceptors (Lipinski definition) is 1. The first-order valence-electron chi connectivity index (χ1n) is 3.62. The predicted molar refractivity (Wildman–Crippen MR) is 55.0 cm³/mol. The maximum absolute atomic E-state index is 12.7. The maximum atomic E-state index is 12.7. The number of alkyl halides is 1. The average molecular weight is 280 g/mol. The van der Waals surface area contributed by atoms with Gasteiger partial charge in [0.1, 0.15) is 5.82 Å². The van der Waals surface area contributed by atoms with Gasteiger partial charge in [0.2, 0.25) is 0 Å². The summed E-state index contributed by atoms with van der Waals surface area (Å²) in [5, 5.41) is 0. The van der Waals surface area contributed by atoms with Gasteiger partial charge >= 0.3 is 0 Å². The highest BCUT2D eigenvalue weighted by Crippen LogP contribution is 2.19. The molecule has 0 aromatic heterocycles. The molecule has 12 heavy (non-hydrogen) atoms. The predicted octanol–water partition coefficient (Wildman–Crippen LogP) is 2.95. The van der Waals surface area contributed by atoms with Crippen molar-refractivity contribution in [1.82, 2.24) is 0 Å². The van der Waals surface area contributed by atoms with E-state index in [1.165, 1.54) is 12.1 Å². The lowest BCUT2D eigenvalue weighted by Gasteiger charge is -2.11. The van der Waals surface area contributed by atoms with Gasteiger partial charge in [-0.2, -0.15) is 0 Å². The second-order valence-corrected chi connectivity index (χ2v) is 3.31. The molecule has 0 amide bonds.